The van der Waals surface area contributed by atoms with Crippen LogP contribution in [-0.4, -0.2) is 39.8 Å². The van der Waals surface area contributed by atoms with E-state index >= 15 is 0 Å². The van der Waals surface area contributed by atoms with Crippen LogP contribution in [0.3, 0.4) is 0 Å². The third-order valence-electron chi connectivity index (χ3n) is 3.56. The predicted octanol–water partition coefficient (Wildman–Crippen LogP) is 1.41. The first-order chi connectivity index (χ1) is 9.26. The van der Waals surface area contributed by atoms with Gasteiger partial charge in [-0.1, -0.05) is 0 Å². The number of aromatic nitrogens is 4. The van der Waals surface area contributed by atoms with E-state index < -0.39 is 0 Å². The highest BCUT2D eigenvalue weighted by atomic mass is 32.1. The zero-order valence-electron chi connectivity index (χ0n) is 11.0. The average molecular weight is 278 g/mol. The summed E-state index contributed by atoms with van der Waals surface area (Å²) in [5.74, 6) is 2.25. The number of nitrogens with two attached hydrogens (primary N) is 1. The van der Waals surface area contributed by atoms with Crippen molar-refractivity contribution < 1.29 is 0 Å². The Morgan fingerprint density at radius 1 is 1.47 bits per heavy atom. The molecule has 0 aliphatic carbocycles. The largest absolute Gasteiger partial charge is 0.340 e. The fraction of sp³-hybridized carbons (Fsp3) is 0.583. The molecule has 0 radical (unpaired) electrons. The average Bonchev–Trinajstić information content (AvgIpc) is 3.07. The van der Waals surface area contributed by atoms with Crippen LogP contribution in [-0.2, 0) is 0 Å². The molecular formula is C12H18N6S. The molecule has 1 saturated heterocycles. The molecule has 0 aromatic carbocycles. The fourth-order valence-electron chi connectivity index (χ4n) is 2.34. The molecule has 3 heterocycles. The number of hydrogen-bond acceptors (Lipinski definition) is 6. The number of nitrogens with one attached hydrogen (secondary N) is 1. The van der Waals surface area contributed by atoms with Crippen molar-refractivity contribution in [1.82, 2.24) is 20.2 Å². The number of aryl methyl sites for hydroxylation is 1. The van der Waals surface area contributed by atoms with E-state index in [0.717, 1.165) is 54.1 Å². The van der Waals surface area contributed by atoms with Crippen molar-refractivity contribution in [3.8, 4) is 10.7 Å². The highest BCUT2D eigenvalue weighted by Gasteiger charge is 2.21. The summed E-state index contributed by atoms with van der Waals surface area (Å²) in [6.45, 7) is 4.75. The smallest absolute Gasteiger partial charge is 0.245 e. The molecule has 102 valence electrons. The van der Waals surface area contributed by atoms with Crippen LogP contribution >= 0.6 is 11.3 Å². The summed E-state index contributed by atoms with van der Waals surface area (Å²) in [5.41, 5.74) is 5.71. The van der Waals surface area contributed by atoms with Crippen LogP contribution in [0.4, 0.5) is 5.95 Å². The Kier molecular flexibility index (Phi) is 3.48. The number of rotatable bonds is 3. The molecule has 0 unspecified atom stereocenters. The number of thiazole rings is 1. The van der Waals surface area contributed by atoms with E-state index in [1.54, 1.807) is 11.3 Å². The lowest BCUT2D eigenvalue weighted by molar-refractivity contribution is 0.411. The van der Waals surface area contributed by atoms with Gasteiger partial charge in [-0.05, 0) is 32.2 Å². The lowest BCUT2D eigenvalue weighted by atomic mass is 9.97. The van der Waals surface area contributed by atoms with Crippen LogP contribution in [0, 0.1) is 12.8 Å². The van der Waals surface area contributed by atoms with Gasteiger partial charge in [0.05, 0.1) is 9.88 Å². The molecule has 7 heteroatoms. The SMILES string of the molecule is Cc1ncc(-c2nc(N3CCC(CN)CC3)n[nH]2)s1. The zero-order chi connectivity index (χ0) is 13.2. The zero-order valence-corrected chi connectivity index (χ0v) is 11.8. The van der Waals surface area contributed by atoms with E-state index in [1.807, 2.05) is 13.1 Å². The fourth-order valence-corrected chi connectivity index (χ4v) is 3.06. The highest BCUT2D eigenvalue weighted by molar-refractivity contribution is 7.14. The van der Waals surface area contributed by atoms with E-state index in [-0.39, 0.29) is 0 Å². The maximum absolute atomic E-state index is 5.71. The minimum atomic E-state index is 0.652. The minimum Gasteiger partial charge on any atom is -0.340 e. The van der Waals surface area contributed by atoms with Crippen molar-refractivity contribution >= 4 is 17.3 Å². The molecule has 1 fully saturated rings. The van der Waals surface area contributed by atoms with Gasteiger partial charge in [-0.25, -0.2) is 4.98 Å². The molecule has 0 amide bonds. The van der Waals surface area contributed by atoms with Gasteiger partial charge in [-0.3, -0.25) is 5.10 Å². The lowest BCUT2D eigenvalue weighted by Crippen LogP contribution is -2.36. The summed E-state index contributed by atoms with van der Waals surface area (Å²) in [4.78, 5) is 12.1. The number of H-pyrrole nitrogens is 1. The number of nitrogens with zero attached hydrogens (tertiary/aromatic N) is 4. The molecule has 2 aromatic heterocycles. The minimum absolute atomic E-state index is 0.652. The van der Waals surface area contributed by atoms with Gasteiger partial charge in [0, 0.05) is 19.3 Å². The van der Waals surface area contributed by atoms with Crippen LogP contribution in [0.25, 0.3) is 10.7 Å². The van der Waals surface area contributed by atoms with Crippen molar-refractivity contribution in [2.24, 2.45) is 11.7 Å². The second-order valence-corrected chi connectivity index (χ2v) is 6.13. The van der Waals surface area contributed by atoms with Crippen molar-refractivity contribution in [3.63, 3.8) is 0 Å². The molecule has 2 aromatic rings. The number of aromatic amines is 1. The Morgan fingerprint density at radius 3 is 2.89 bits per heavy atom. The first kappa shape index (κ1) is 12.6. The Hall–Kier alpha value is -1.47. The summed E-state index contributed by atoms with van der Waals surface area (Å²) >= 11 is 1.62. The van der Waals surface area contributed by atoms with Crippen molar-refractivity contribution in [2.45, 2.75) is 19.8 Å². The molecule has 3 rings (SSSR count). The van der Waals surface area contributed by atoms with Gasteiger partial charge in [0.15, 0.2) is 5.82 Å². The second kappa shape index (κ2) is 5.26. The van der Waals surface area contributed by atoms with Crippen LogP contribution in [0.5, 0.6) is 0 Å². The first-order valence-electron chi connectivity index (χ1n) is 6.56. The Labute approximate surface area is 116 Å². The van der Waals surface area contributed by atoms with Gasteiger partial charge in [0.25, 0.3) is 0 Å². The molecule has 0 atom stereocenters. The summed E-state index contributed by atoms with van der Waals surface area (Å²) in [6.07, 6.45) is 4.09. The van der Waals surface area contributed by atoms with E-state index in [0.29, 0.717) is 5.92 Å². The normalized spacial score (nSPS) is 17.1. The third-order valence-corrected chi connectivity index (χ3v) is 4.48. The van der Waals surface area contributed by atoms with Gasteiger partial charge in [-0.15, -0.1) is 16.4 Å². The summed E-state index contributed by atoms with van der Waals surface area (Å²) in [7, 11) is 0. The van der Waals surface area contributed by atoms with Gasteiger partial charge in [0.1, 0.15) is 0 Å². The van der Waals surface area contributed by atoms with E-state index in [9.17, 15) is 0 Å². The molecule has 0 bridgehead atoms. The maximum atomic E-state index is 5.71. The summed E-state index contributed by atoms with van der Waals surface area (Å²) < 4.78 is 0. The standard InChI is InChI=1S/C12H18N6S/c1-8-14-7-10(19-8)11-15-12(17-16-11)18-4-2-9(6-13)3-5-18/h7,9H,2-6,13H2,1H3,(H,15,16,17). The van der Waals surface area contributed by atoms with Crippen molar-refractivity contribution in [1.29, 1.82) is 0 Å². The third kappa shape index (κ3) is 2.62. The van der Waals surface area contributed by atoms with Gasteiger partial charge < -0.3 is 10.6 Å². The van der Waals surface area contributed by atoms with Crippen LogP contribution in [0.2, 0.25) is 0 Å². The monoisotopic (exact) mass is 278 g/mol. The van der Waals surface area contributed by atoms with Crippen molar-refractivity contribution in [3.05, 3.63) is 11.2 Å². The lowest BCUT2D eigenvalue weighted by Gasteiger charge is -2.30. The van der Waals surface area contributed by atoms with Gasteiger partial charge in [0.2, 0.25) is 5.95 Å². The predicted molar refractivity (Wildman–Crippen MR) is 76.2 cm³/mol. The highest BCUT2D eigenvalue weighted by Crippen LogP contribution is 2.25. The second-order valence-electron chi connectivity index (χ2n) is 4.89. The topological polar surface area (TPSA) is 83.7 Å². The van der Waals surface area contributed by atoms with Crippen LogP contribution < -0.4 is 10.6 Å². The molecular weight excluding hydrogens is 260 g/mol. The summed E-state index contributed by atoms with van der Waals surface area (Å²) in [5, 5.41) is 8.35. The van der Waals surface area contributed by atoms with E-state index in [1.165, 1.54) is 0 Å². The Bertz CT molecular complexity index is 540. The van der Waals surface area contributed by atoms with E-state index in [4.69, 9.17) is 5.73 Å². The van der Waals surface area contributed by atoms with Crippen LogP contribution in [0.15, 0.2) is 6.20 Å². The number of anilines is 1. The summed E-state index contributed by atoms with van der Waals surface area (Å²) in [6, 6.07) is 0. The molecule has 1 aliphatic rings. The Balaban J connectivity index is 1.72. The molecule has 0 saturated carbocycles. The first-order valence-corrected chi connectivity index (χ1v) is 7.38. The molecule has 6 nitrogen and oxygen atoms in total. The molecule has 0 spiro atoms. The quantitative estimate of drug-likeness (QED) is 0.887. The maximum Gasteiger partial charge on any atom is 0.245 e. The van der Waals surface area contributed by atoms with E-state index in [2.05, 4.69) is 25.1 Å². The molecule has 3 N–H and O–H groups in total. The molecule has 1 aliphatic heterocycles. The van der Waals surface area contributed by atoms with Gasteiger partial charge >= 0.3 is 0 Å². The molecule has 19 heavy (non-hydrogen) atoms. The Morgan fingerprint density at radius 2 is 2.26 bits per heavy atom. The van der Waals surface area contributed by atoms with Gasteiger partial charge in [-0.2, -0.15) is 4.98 Å². The van der Waals surface area contributed by atoms with Crippen LogP contribution in [0.1, 0.15) is 17.8 Å². The van der Waals surface area contributed by atoms with Crippen molar-refractivity contribution in [2.75, 3.05) is 24.5 Å². The number of piperidine rings is 1. The number of hydrogen-bond donors (Lipinski definition) is 2.